The lowest BCUT2D eigenvalue weighted by atomic mass is 10.1. The fraction of sp³-hybridized carbons (Fsp3) is 0.583. The quantitative estimate of drug-likeness (QED) is 0.629. The summed E-state index contributed by atoms with van der Waals surface area (Å²) in [5.41, 5.74) is 0.699. The molecule has 1 fully saturated rings. The molecule has 1 aromatic rings. The Morgan fingerprint density at radius 2 is 2.44 bits per heavy atom. The zero-order valence-corrected chi connectivity index (χ0v) is 10.5. The molecular weight excluding hydrogens is 232 g/mol. The topological polar surface area (TPSA) is 80.1 Å². The predicted octanol–water partition coefficient (Wildman–Crippen LogP) is 1.85. The largest absolute Gasteiger partial charge is 0.368 e. The normalized spacial score (nSPS) is 19.5. The van der Waals surface area contributed by atoms with Gasteiger partial charge in [0.05, 0.1) is 11.0 Å². The number of pyridine rings is 1. The third-order valence-corrected chi connectivity index (χ3v) is 3.21. The maximum atomic E-state index is 10.8. The molecule has 1 unspecified atom stereocenters. The van der Waals surface area contributed by atoms with Crippen molar-refractivity contribution >= 4 is 11.5 Å². The second-order valence-electron chi connectivity index (χ2n) is 4.64. The minimum absolute atomic E-state index is 0.115. The van der Waals surface area contributed by atoms with Crippen LogP contribution in [0, 0.1) is 17.0 Å². The Morgan fingerprint density at radius 3 is 3.11 bits per heavy atom. The Bertz CT molecular complexity index is 430. The summed E-state index contributed by atoms with van der Waals surface area (Å²) < 4.78 is 0. The fourth-order valence-electron chi connectivity index (χ4n) is 2.13. The van der Waals surface area contributed by atoms with Gasteiger partial charge in [-0.3, -0.25) is 10.1 Å². The lowest BCUT2D eigenvalue weighted by Crippen LogP contribution is -2.39. The van der Waals surface area contributed by atoms with Crippen molar-refractivity contribution in [1.82, 2.24) is 10.3 Å². The summed E-state index contributed by atoms with van der Waals surface area (Å²) in [4.78, 5) is 14.6. The van der Waals surface area contributed by atoms with Crippen molar-refractivity contribution in [2.75, 3.05) is 18.4 Å². The number of piperidine rings is 1. The molecule has 0 spiro atoms. The third-order valence-electron chi connectivity index (χ3n) is 3.21. The van der Waals surface area contributed by atoms with Gasteiger partial charge in [0.25, 0.3) is 5.69 Å². The lowest BCUT2D eigenvalue weighted by molar-refractivity contribution is -0.385. The Kier molecular flexibility index (Phi) is 4.09. The van der Waals surface area contributed by atoms with Crippen LogP contribution in [0.3, 0.4) is 0 Å². The van der Waals surface area contributed by atoms with E-state index in [-0.39, 0.29) is 10.6 Å². The van der Waals surface area contributed by atoms with Crippen molar-refractivity contribution in [2.45, 2.75) is 32.2 Å². The summed E-state index contributed by atoms with van der Waals surface area (Å²) in [5, 5.41) is 17.4. The molecule has 0 saturated carbocycles. The molecule has 0 radical (unpaired) electrons. The minimum Gasteiger partial charge on any atom is -0.368 e. The van der Waals surface area contributed by atoms with Crippen molar-refractivity contribution in [3.63, 3.8) is 0 Å². The van der Waals surface area contributed by atoms with Crippen LogP contribution < -0.4 is 10.6 Å². The highest BCUT2D eigenvalue weighted by atomic mass is 16.6. The molecule has 2 N–H and O–H groups in total. The van der Waals surface area contributed by atoms with Gasteiger partial charge in [-0.25, -0.2) is 4.98 Å². The van der Waals surface area contributed by atoms with E-state index in [1.807, 2.05) is 0 Å². The van der Waals surface area contributed by atoms with E-state index in [1.165, 1.54) is 25.1 Å². The average Bonchev–Trinajstić information content (AvgIpc) is 2.38. The number of aromatic nitrogens is 1. The zero-order valence-electron chi connectivity index (χ0n) is 10.5. The maximum Gasteiger partial charge on any atom is 0.277 e. The van der Waals surface area contributed by atoms with E-state index in [9.17, 15) is 10.1 Å². The van der Waals surface area contributed by atoms with Crippen LogP contribution in [0.4, 0.5) is 11.5 Å². The van der Waals surface area contributed by atoms with Crippen LogP contribution in [0.15, 0.2) is 12.3 Å². The summed E-state index contributed by atoms with van der Waals surface area (Å²) in [7, 11) is 0. The first-order valence-electron chi connectivity index (χ1n) is 6.25. The zero-order chi connectivity index (χ0) is 13.0. The number of aryl methyl sites for hydroxylation is 1. The highest BCUT2D eigenvalue weighted by molar-refractivity contribution is 5.48. The fourth-order valence-corrected chi connectivity index (χ4v) is 2.13. The molecule has 18 heavy (non-hydrogen) atoms. The summed E-state index contributed by atoms with van der Waals surface area (Å²) >= 11 is 0. The van der Waals surface area contributed by atoms with Gasteiger partial charge in [-0.15, -0.1) is 0 Å². The summed E-state index contributed by atoms with van der Waals surface area (Å²) in [6, 6.07) is 1.93. The second-order valence-corrected chi connectivity index (χ2v) is 4.64. The van der Waals surface area contributed by atoms with Crippen molar-refractivity contribution in [2.24, 2.45) is 0 Å². The van der Waals surface area contributed by atoms with E-state index in [0.29, 0.717) is 17.4 Å². The van der Waals surface area contributed by atoms with E-state index in [0.717, 1.165) is 19.5 Å². The minimum atomic E-state index is -0.374. The van der Waals surface area contributed by atoms with Crippen molar-refractivity contribution in [3.8, 4) is 0 Å². The van der Waals surface area contributed by atoms with Gasteiger partial charge >= 0.3 is 0 Å². The average molecular weight is 250 g/mol. The molecule has 6 nitrogen and oxygen atoms in total. The number of anilines is 1. The summed E-state index contributed by atoms with van der Waals surface area (Å²) in [5.74, 6) is 0.569. The molecule has 6 heteroatoms. The smallest absolute Gasteiger partial charge is 0.277 e. The van der Waals surface area contributed by atoms with Crippen LogP contribution in [0.25, 0.3) is 0 Å². The van der Waals surface area contributed by atoms with Crippen LogP contribution in [0.2, 0.25) is 0 Å². The molecule has 1 aliphatic rings. The SMILES string of the molecule is Cc1cnc(NCC2CCCCN2)cc1[N+](=O)[O-]. The van der Waals surface area contributed by atoms with E-state index >= 15 is 0 Å². The number of hydrogen-bond acceptors (Lipinski definition) is 5. The van der Waals surface area contributed by atoms with Gasteiger partial charge in [0, 0.05) is 24.3 Å². The van der Waals surface area contributed by atoms with Gasteiger partial charge in [0.15, 0.2) is 0 Å². The first kappa shape index (κ1) is 12.8. The molecular formula is C12H18N4O2. The molecule has 0 aromatic carbocycles. The number of rotatable bonds is 4. The Balaban J connectivity index is 1.96. The first-order valence-corrected chi connectivity index (χ1v) is 6.25. The van der Waals surface area contributed by atoms with Crippen LogP contribution in [-0.2, 0) is 0 Å². The number of nitrogens with zero attached hydrogens (tertiary/aromatic N) is 2. The van der Waals surface area contributed by atoms with E-state index in [1.54, 1.807) is 6.92 Å². The van der Waals surface area contributed by atoms with Gasteiger partial charge in [-0.05, 0) is 26.3 Å². The van der Waals surface area contributed by atoms with Gasteiger partial charge < -0.3 is 10.6 Å². The lowest BCUT2D eigenvalue weighted by Gasteiger charge is -2.23. The molecule has 1 saturated heterocycles. The monoisotopic (exact) mass is 250 g/mol. The molecule has 0 bridgehead atoms. The Hall–Kier alpha value is -1.69. The van der Waals surface area contributed by atoms with Crippen molar-refractivity contribution in [3.05, 3.63) is 27.9 Å². The molecule has 0 amide bonds. The van der Waals surface area contributed by atoms with Crippen molar-refractivity contribution < 1.29 is 4.92 Å². The van der Waals surface area contributed by atoms with Crippen LogP contribution >= 0.6 is 0 Å². The molecule has 98 valence electrons. The van der Waals surface area contributed by atoms with E-state index in [2.05, 4.69) is 15.6 Å². The summed E-state index contributed by atoms with van der Waals surface area (Å²) in [6.45, 7) is 3.50. The summed E-state index contributed by atoms with van der Waals surface area (Å²) in [6.07, 6.45) is 5.14. The van der Waals surface area contributed by atoms with E-state index < -0.39 is 0 Å². The molecule has 1 aromatic heterocycles. The molecule has 0 aliphatic carbocycles. The van der Waals surface area contributed by atoms with Gasteiger partial charge in [0.2, 0.25) is 0 Å². The van der Waals surface area contributed by atoms with Crippen LogP contribution in [0.5, 0.6) is 0 Å². The number of nitro groups is 1. The standard InChI is InChI=1S/C12H18N4O2/c1-9-7-14-12(6-11(9)16(17)18)15-8-10-4-2-3-5-13-10/h6-7,10,13H,2-5,8H2,1H3,(H,14,15). The highest BCUT2D eigenvalue weighted by Gasteiger charge is 2.14. The van der Waals surface area contributed by atoms with Gasteiger partial charge in [0.1, 0.15) is 5.82 Å². The Morgan fingerprint density at radius 1 is 1.61 bits per heavy atom. The van der Waals surface area contributed by atoms with Gasteiger partial charge in [-0.1, -0.05) is 6.42 Å². The van der Waals surface area contributed by atoms with Gasteiger partial charge in [-0.2, -0.15) is 0 Å². The third kappa shape index (κ3) is 3.16. The van der Waals surface area contributed by atoms with Crippen LogP contribution in [-0.4, -0.2) is 29.0 Å². The second kappa shape index (κ2) is 5.77. The molecule has 1 aliphatic heterocycles. The van der Waals surface area contributed by atoms with E-state index in [4.69, 9.17) is 0 Å². The number of nitrogens with one attached hydrogen (secondary N) is 2. The predicted molar refractivity (Wildman–Crippen MR) is 69.8 cm³/mol. The maximum absolute atomic E-state index is 10.8. The molecule has 1 atom stereocenters. The molecule has 2 heterocycles. The molecule has 2 rings (SSSR count). The first-order chi connectivity index (χ1) is 8.66. The van der Waals surface area contributed by atoms with Crippen molar-refractivity contribution in [1.29, 1.82) is 0 Å². The highest BCUT2D eigenvalue weighted by Crippen LogP contribution is 2.20. The Labute approximate surface area is 106 Å². The van der Waals surface area contributed by atoms with Crippen LogP contribution in [0.1, 0.15) is 24.8 Å². The number of hydrogen-bond donors (Lipinski definition) is 2.